The molecule has 0 radical (unpaired) electrons. The first-order valence-electron chi connectivity index (χ1n) is 5.72. The Labute approximate surface area is 129 Å². The van der Waals surface area contributed by atoms with Gasteiger partial charge in [-0.25, -0.2) is 9.59 Å². The average Bonchev–Trinajstić information content (AvgIpc) is 2.37. The number of carbonyl (C=O) groups excluding carboxylic acids is 1. The lowest BCUT2D eigenvalue weighted by atomic mass is 10.2. The highest BCUT2D eigenvalue weighted by atomic mass is 79.9. The summed E-state index contributed by atoms with van der Waals surface area (Å²) in [5.74, 6) is -0.681. The first-order chi connectivity index (χ1) is 9.40. The summed E-state index contributed by atoms with van der Waals surface area (Å²) in [6.45, 7) is 3.70. The summed E-state index contributed by atoms with van der Waals surface area (Å²) in [5, 5.41) is 11.7. The molecule has 0 bridgehead atoms. The number of benzene rings is 1. The lowest BCUT2D eigenvalue weighted by Gasteiger charge is -2.08. The lowest BCUT2D eigenvalue weighted by Crippen LogP contribution is -2.28. The van der Waals surface area contributed by atoms with E-state index in [1.807, 2.05) is 0 Å². The molecule has 0 aliphatic heterocycles. The van der Waals surface area contributed by atoms with Gasteiger partial charge in [0.15, 0.2) is 0 Å². The van der Waals surface area contributed by atoms with Crippen LogP contribution in [-0.4, -0.2) is 23.7 Å². The summed E-state index contributed by atoms with van der Waals surface area (Å²) >= 11 is 8.99. The summed E-state index contributed by atoms with van der Waals surface area (Å²) in [6.07, 6.45) is 0.163. The summed E-state index contributed by atoms with van der Waals surface area (Å²) in [5.41, 5.74) is 0.112. The van der Waals surface area contributed by atoms with Gasteiger partial charge >= 0.3 is 12.1 Å². The van der Waals surface area contributed by atoms with Crippen molar-refractivity contribution in [2.75, 3.05) is 6.54 Å². The fourth-order valence-corrected chi connectivity index (χ4v) is 2.06. The number of aliphatic carboxylic acids is 1. The van der Waals surface area contributed by atoms with Gasteiger partial charge in [0.1, 0.15) is 5.75 Å². The topological polar surface area (TPSA) is 75.6 Å². The third kappa shape index (κ3) is 5.63. The van der Waals surface area contributed by atoms with Crippen LogP contribution in [0.1, 0.15) is 12.8 Å². The SMILES string of the molecule is C=C(CCCNC(=O)Oc1ccc(Cl)cc1Br)C(=O)O. The van der Waals surface area contributed by atoms with E-state index in [0.29, 0.717) is 34.6 Å². The van der Waals surface area contributed by atoms with Crippen molar-refractivity contribution >= 4 is 39.6 Å². The van der Waals surface area contributed by atoms with Crippen LogP contribution in [0.5, 0.6) is 5.75 Å². The Bertz CT molecular complexity index is 533. The Balaban J connectivity index is 2.33. The average molecular weight is 363 g/mol. The van der Waals surface area contributed by atoms with Crippen LogP contribution in [0.15, 0.2) is 34.8 Å². The van der Waals surface area contributed by atoms with Crippen LogP contribution in [0, 0.1) is 0 Å². The third-order valence-corrected chi connectivity index (χ3v) is 3.18. The van der Waals surface area contributed by atoms with Crippen molar-refractivity contribution in [3.05, 3.63) is 39.8 Å². The highest BCUT2D eigenvalue weighted by Crippen LogP contribution is 2.27. The van der Waals surface area contributed by atoms with Crippen molar-refractivity contribution in [1.82, 2.24) is 5.32 Å². The van der Waals surface area contributed by atoms with Gasteiger partial charge in [0.25, 0.3) is 0 Å². The molecular formula is C13H13BrClNO4. The minimum Gasteiger partial charge on any atom is -0.478 e. The Kier molecular flexibility index (Phi) is 6.54. The number of rotatable bonds is 6. The van der Waals surface area contributed by atoms with E-state index in [-0.39, 0.29) is 5.57 Å². The van der Waals surface area contributed by atoms with Crippen molar-refractivity contribution < 1.29 is 19.4 Å². The number of ether oxygens (including phenoxy) is 1. The van der Waals surface area contributed by atoms with E-state index in [4.69, 9.17) is 21.4 Å². The molecule has 0 fully saturated rings. The third-order valence-electron chi connectivity index (χ3n) is 2.32. The van der Waals surface area contributed by atoms with Crippen molar-refractivity contribution in [3.8, 4) is 5.75 Å². The molecule has 1 rings (SSSR count). The Morgan fingerprint density at radius 3 is 2.75 bits per heavy atom. The maximum atomic E-state index is 11.5. The van der Waals surface area contributed by atoms with E-state index in [2.05, 4.69) is 27.8 Å². The van der Waals surface area contributed by atoms with Gasteiger partial charge in [0.05, 0.1) is 4.47 Å². The molecular weight excluding hydrogens is 350 g/mol. The van der Waals surface area contributed by atoms with Gasteiger partial charge < -0.3 is 15.2 Å². The van der Waals surface area contributed by atoms with E-state index in [0.717, 1.165) is 0 Å². The molecule has 0 heterocycles. The number of carboxylic acid groups (broad SMARTS) is 1. The molecule has 0 saturated carbocycles. The van der Waals surface area contributed by atoms with Crippen LogP contribution < -0.4 is 10.1 Å². The minimum absolute atomic E-state index is 0.112. The highest BCUT2D eigenvalue weighted by molar-refractivity contribution is 9.10. The second-order valence-electron chi connectivity index (χ2n) is 3.90. The molecule has 0 aliphatic rings. The standard InChI is InChI=1S/C13H13BrClNO4/c1-8(12(17)18)3-2-6-16-13(19)20-11-5-4-9(15)7-10(11)14/h4-5,7H,1-3,6H2,(H,16,19)(H,17,18). The van der Waals surface area contributed by atoms with Crippen molar-refractivity contribution in [3.63, 3.8) is 0 Å². The minimum atomic E-state index is -1.03. The molecule has 0 unspecified atom stereocenters. The number of hydrogen-bond acceptors (Lipinski definition) is 3. The molecule has 1 aromatic rings. The molecule has 0 saturated heterocycles. The van der Waals surface area contributed by atoms with Crippen molar-refractivity contribution in [1.29, 1.82) is 0 Å². The van der Waals surface area contributed by atoms with Crippen LogP contribution >= 0.6 is 27.5 Å². The van der Waals surface area contributed by atoms with Gasteiger partial charge in [-0.3, -0.25) is 0 Å². The number of halogens is 2. The number of nitrogens with one attached hydrogen (secondary N) is 1. The lowest BCUT2D eigenvalue weighted by molar-refractivity contribution is -0.132. The van der Waals surface area contributed by atoms with Crippen LogP contribution in [0.4, 0.5) is 4.79 Å². The maximum absolute atomic E-state index is 11.5. The Hall–Kier alpha value is -1.53. The summed E-state index contributed by atoms with van der Waals surface area (Å²) in [7, 11) is 0. The molecule has 7 heteroatoms. The van der Waals surface area contributed by atoms with E-state index in [9.17, 15) is 9.59 Å². The molecule has 1 aromatic carbocycles. The molecule has 0 atom stereocenters. The molecule has 1 amide bonds. The second-order valence-corrected chi connectivity index (χ2v) is 5.19. The number of carbonyl (C=O) groups is 2. The second kappa shape index (κ2) is 7.91. The Morgan fingerprint density at radius 1 is 1.45 bits per heavy atom. The summed E-state index contributed by atoms with van der Waals surface area (Å²) < 4.78 is 5.63. The monoisotopic (exact) mass is 361 g/mol. The van der Waals surface area contributed by atoms with Gasteiger partial charge in [0, 0.05) is 17.1 Å². The van der Waals surface area contributed by atoms with Crippen LogP contribution in [0.25, 0.3) is 0 Å². The van der Waals surface area contributed by atoms with E-state index < -0.39 is 12.1 Å². The fraction of sp³-hybridized carbons (Fsp3) is 0.231. The molecule has 2 N–H and O–H groups in total. The van der Waals surface area contributed by atoms with Crippen molar-refractivity contribution in [2.24, 2.45) is 0 Å². The van der Waals surface area contributed by atoms with Crippen LogP contribution in [-0.2, 0) is 4.79 Å². The molecule has 0 aromatic heterocycles. The molecule has 20 heavy (non-hydrogen) atoms. The highest BCUT2D eigenvalue weighted by Gasteiger charge is 2.08. The molecule has 0 aliphatic carbocycles. The summed E-state index contributed by atoms with van der Waals surface area (Å²) in [6, 6.07) is 4.78. The number of carboxylic acids is 1. The van der Waals surface area contributed by atoms with Gasteiger partial charge in [-0.15, -0.1) is 0 Å². The van der Waals surface area contributed by atoms with E-state index in [1.54, 1.807) is 18.2 Å². The van der Waals surface area contributed by atoms with Gasteiger partial charge in [-0.2, -0.15) is 0 Å². The molecule has 108 valence electrons. The quantitative estimate of drug-likeness (QED) is 0.599. The maximum Gasteiger partial charge on any atom is 0.412 e. The first-order valence-corrected chi connectivity index (χ1v) is 6.89. The predicted octanol–water partition coefficient (Wildman–Crippen LogP) is 3.61. The van der Waals surface area contributed by atoms with E-state index in [1.165, 1.54) is 0 Å². The smallest absolute Gasteiger partial charge is 0.412 e. The van der Waals surface area contributed by atoms with Crippen LogP contribution in [0.3, 0.4) is 0 Å². The normalized spacial score (nSPS) is 9.90. The molecule has 5 nitrogen and oxygen atoms in total. The number of hydrogen-bond donors (Lipinski definition) is 2. The van der Waals surface area contributed by atoms with Gasteiger partial charge in [-0.05, 0) is 47.0 Å². The first kappa shape index (κ1) is 16.5. The van der Waals surface area contributed by atoms with Crippen LogP contribution in [0.2, 0.25) is 5.02 Å². The fourth-order valence-electron chi connectivity index (χ4n) is 1.29. The Morgan fingerprint density at radius 2 is 2.15 bits per heavy atom. The van der Waals surface area contributed by atoms with Gasteiger partial charge in [0.2, 0.25) is 0 Å². The zero-order valence-corrected chi connectivity index (χ0v) is 12.8. The zero-order chi connectivity index (χ0) is 15.1. The molecule has 0 spiro atoms. The predicted molar refractivity (Wildman–Crippen MR) is 79.2 cm³/mol. The largest absolute Gasteiger partial charge is 0.478 e. The van der Waals surface area contributed by atoms with E-state index >= 15 is 0 Å². The number of amides is 1. The van der Waals surface area contributed by atoms with Crippen molar-refractivity contribution in [2.45, 2.75) is 12.8 Å². The zero-order valence-electron chi connectivity index (χ0n) is 10.5. The summed E-state index contributed by atoms with van der Waals surface area (Å²) in [4.78, 5) is 22.0. The van der Waals surface area contributed by atoms with Gasteiger partial charge in [-0.1, -0.05) is 18.2 Å².